The van der Waals surface area contributed by atoms with Gasteiger partial charge in [0.25, 0.3) is 0 Å². The lowest BCUT2D eigenvalue weighted by Gasteiger charge is -2.32. The number of halogens is 1. The number of hydrogen-bond acceptors (Lipinski definition) is 6. The minimum atomic E-state index is -0.351. The van der Waals surface area contributed by atoms with Crippen LogP contribution in [0.5, 0.6) is 5.75 Å². The summed E-state index contributed by atoms with van der Waals surface area (Å²) in [5.74, 6) is 1.96. The summed E-state index contributed by atoms with van der Waals surface area (Å²) < 4.78 is 26.7. The van der Waals surface area contributed by atoms with E-state index in [1.54, 1.807) is 25.5 Å². The maximum absolute atomic E-state index is 13.8. The van der Waals surface area contributed by atoms with Crippen molar-refractivity contribution in [1.82, 2.24) is 25.1 Å². The molecule has 2 aromatic carbocycles. The van der Waals surface area contributed by atoms with E-state index in [4.69, 9.17) is 9.15 Å². The Balaban J connectivity index is 1.83. The molecule has 0 aliphatic carbocycles. The summed E-state index contributed by atoms with van der Waals surface area (Å²) >= 11 is 0. The molecule has 7 nitrogen and oxygen atoms in total. The van der Waals surface area contributed by atoms with Gasteiger partial charge in [-0.2, -0.15) is 0 Å². The van der Waals surface area contributed by atoms with Crippen LogP contribution in [0.3, 0.4) is 0 Å². The fourth-order valence-corrected chi connectivity index (χ4v) is 3.86. The van der Waals surface area contributed by atoms with Gasteiger partial charge in [-0.05, 0) is 78.7 Å². The summed E-state index contributed by atoms with van der Waals surface area (Å²) in [7, 11) is 1.65. The fraction of sp³-hybridized carbons (Fsp3) is 0.320. The second kappa shape index (κ2) is 9.54. The molecule has 0 bridgehead atoms. The van der Waals surface area contributed by atoms with Crippen LogP contribution in [-0.2, 0) is 18.6 Å². The largest absolute Gasteiger partial charge is 0.497 e. The molecule has 4 aromatic rings. The van der Waals surface area contributed by atoms with Crippen LogP contribution >= 0.6 is 0 Å². The molecule has 33 heavy (non-hydrogen) atoms. The highest BCUT2D eigenvalue weighted by Gasteiger charge is 2.32. The van der Waals surface area contributed by atoms with Gasteiger partial charge in [-0.25, -0.2) is 9.07 Å². The van der Waals surface area contributed by atoms with Crippen LogP contribution < -0.4 is 4.74 Å². The Morgan fingerprint density at radius 3 is 2.52 bits per heavy atom. The van der Waals surface area contributed by atoms with Gasteiger partial charge in [-0.3, -0.25) is 4.90 Å². The van der Waals surface area contributed by atoms with Crippen molar-refractivity contribution in [3.05, 3.63) is 95.5 Å². The monoisotopic (exact) mass is 449 g/mol. The molecule has 0 saturated carbocycles. The highest BCUT2D eigenvalue weighted by atomic mass is 19.1. The lowest BCUT2D eigenvalue weighted by Crippen LogP contribution is -2.34. The molecule has 8 heteroatoms. The lowest BCUT2D eigenvalue weighted by molar-refractivity contribution is 0.172. The van der Waals surface area contributed by atoms with Gasteiger partial charge in [0.1, 0.15) is 17.3 Å². The van der Waals surface area contributed by atoms with E-state index in [-0.39, 0.29) is 17.4 Å². The Bertz CT molecular complexity index is 1170. The van der Waals surface area contributed by atoms with Gasteiger partial charge < -0.3 is 9.15 Å². The summed E-state index contributed by atoms with van der Waals surface area (Å²) in [6, 6.07) is 17.9. The molecular weight excluding hydrogens is 421 g/mol. The van der Waals surface area contributed by atoms with E-state index >= 15 is 0 Å². The fourth-order valence-electron chi connectivity index (χ4n) is 3.86. The first kappa shape index (κ1) is 22.7. The van der Waals surface area contributed by atoms with Gasteiger partial charge in [0.2, 0.25) is 0 Å². The summed E-state index contributed by atoms with van der Waals surface area (Å²) in [5, 5.41) is 12.7. The van der Waals surface area contributed by atoms with Gasteiger partial charge in [0, 0.05) is 6.54 Å². The molecule has 1 atom stereocenters. The highest BCUT2D eigenvalue weighted by molar-refractivity contribution is 5.30. The number of aromatic nitrogens is 4. The van der Waals surface area contributed by atoms with Crippen LogP contribution in [0.2, 0.25) is 0 Å². The van der Waals surface area contributed by atoms with Crippen molar-refractivity contribution >= 4 is 0 Å². The minimum Gasteiger partial charge on any atom is -0.497 e. The van der Waals surface area contributed by atoms with E-state index in [1.807, 2.05) is 61.9 Å². The molecule has 0 saturated heterocycles. The number of methoxy groups -OCH3 is 1. The van der Waals surface area contributed by atoms with E-state index in [9.17, 15) is 4.39 Å². The number of nitrogens with zero attached hydrogens (tertiary/aromatic N) is 5. The van der Waals surface area contributed by atoms with Gasteiger partial charge in [0.05, 0.1) is 31.5 Å². The summed E-state index contributed by atoms with van der Waals surface area (Å²) in [5.41, 5.74) is 1.60. The smallest absolute Gasteiger partial charge is 0.173 e. The Labute approximate surface area is 192 Å². The molecule has 0 aliphatic rings. The zero-order chi connectivity index (χ0) is 23.4. The average molecular weight is 450 g/mol. The van der Waals surface area contributed by atoms with Crippen LogP contribution in [0.15, 0.2) is 71.3 Å². The summed E-state index contributed by atoms with van der Waals surface area (Å²) in [6.45, 7) is 7.22. The second-order valence-corrected chi connectivity index (χ2v) is 8.91. The van der Waals surface area contributed by atoms with Crippen molar-refractivity contribution in [1.29, 1.82) is 0 Å². The maximum atomic E-state index is 13.8. The first-order chi connectivity index (χ1) is 15.8. The molecule has 2 aromatic heterocycles. The van der Waals surface area contributed by atoms with Gasteiger partial charge in [-0.15, -0.1) is 5.10 Å². The SMILES string of the molecule is COc1cccc(CN(Cc2ccco2)[C@@H](c2ccc(F)cc2)c2nnnn2C(C)(C)C)c1. The number of benzene rings is 2. The number of hydrogen-bond donors (Lipinski definition) is 0. The first-order valence-corrected chi connectivity index (χ1v) is 10.8. The molecule has 0 amide bonds. The number of ether oxygens (including phenoxy) is 1. The number of furan rings is 1. The van der Waals surface area contributed by atoms with Crippen molar-refractivity contribution in [2.75, 3.05) is 7.11 Å². The van der Waals surface area contributed by atoms with Crippen molar-refractivity contribution in [3.63, 3.8) is 0 Å². The van der Waals surface area contributed by atoms with Crippen LogP contribution in [0.1, 0.15) is 49.5 Å². The molecule has 0 spiro atoms. The van der Waals surface area contributed by atoms with Gasteiger partial charge in [0.15, 0.2) is 5.82 Å². The topological polar surface area (TPSA) is 69.2 Å². The zero-order valence-corrected chi connectivity index (χ0v) is 19.3. The lowest BCUT2D eigenvalue weighted by atomic mass is 10.0. The van der Waals surface area contributed by atoms with Crippen molar-refractivity contribution < 1.29 is 13.5 Å². The van der Waals surface area contributed by atoms with E-state index in [1.165, 1.54) is 12.1 Å². The van der Waals surface area contributed by atoms with E-state index in [0.29, 0.717) is 18.9 Å². The summed E-state index contributed by atoms with van der Waals surface area (Å²) in [6.07, 6.45) is 1.66. The molecule has 0 N–H and O–H groups in total. The maximum Gasteiger partial charge on any atom is 0.173 e. The van der Waals surface area contributed by atoms with Crippen LogP contribution in [0, 0.1) is 5.82 Å². The second-order valence-electron chi connectivity index (χ2n) is 8.91. The molecular formula is C25H28FN5O2. The quantitative estimate of drug-likeness (QED) is 0.379. The van der Waals surface area contributed by atoms with Crippen LogP contribution in [0.25, 0.3) is 0 Å². The zero-order valence-electron chi connectivity index (χ0n) is 19.3. The third kappa shape index (κ3) is 5.28. The van der Waals surface area contributed by atoms with Crippen molar-refractivity contribution in [2.45, 2.75) is 45.4 Å². The Morgan fingerprint density at radius 1 is 1.06 bits per heavy atom. The standard InChI is InChI=1S/C25H28FN5O2/c1-25(2,3)31-24(27-28-29-31)23(19-10-12-20(26)13-11-19)30(17-22-9-6-14-33-22)16-18-7-5-8-21(15-18)32-4/h5-15,23H,16-17H2,1-4H3/t23-/m0/s1. The third-order valence-electron chi connectivity index (χ3n) is 5.38. The Hall–Kier alpha value is -3.52. The first-order valence-electron chi connectivity index (χ1n) is 10.8. The number of rotatable bonds is 8. The van der Waals surface area contributed by atoms with Crippen LogP contribution in [0.4, 0.5) is 4.39 Å². The Morgan fingerprint density at radius 2 is 1.85 bits per heavy atom. The van der Waals surface area contributed by atoms with Crippen LogP contribution in [-0.4, -0.2) is 32.2 Å². The molecule has 0 unspecified atom stereocenters. The minimum absolute atomic E-state index is 0.293. The molecule has 172 valence electrons. The Kier molecular flexibility index (Phi) is 6.55. The van der Waals surface area contributed by atoms with E-state index < -0.39 is 0 Å². The third-order valence-corrected chi connectivity index (χ3v) is 5.38. The summed E-state index contributed by atoms with van der Waals surface area (Å²) in [4.78, 5) is 2.22. The molecule has 0 aliphatic heterocycles. The van der Waals surface area contributed by atoms with E-state index in [2.05, 4.69) is 20.4 Å². The van der Waals surface area contributed by atoms with Crippen molar-refractivity contribution in [3.8, 4) is 5.75 Å². The molecule has 0 fully saturated rings. The molecule has 2 heterocycles. The predicted molar refractivity (Wildman–Crippen MR) is 122 cm³/mol. The molecule has 4 rings (SSSR count). The normalized spacial score (nSPS) is 12.8. The van der Waals surface area contributed by atoms with E-state index in [0.717, 1.165) is 22.6 Å². The van der Waals surface area contributed by atoms with Gasteiger partial charge in [-0.1, -0.05) is 24.3 Å². The highest BCUT2D eigenvalue weighted by Crippen LogP contribution is 2.33. The van der Waals surface area contributed by atoms with Crippen molar-refractivity contribution in [2.24, 2.45) is 0 Å². The molecule has 0 radical (unpaired) electrons. The average Bonchev–Trinajstić information content (AvgIpc) is 3.47. The predicted octanol–water partition coefficient (Wildman–Crippen LogP) is 4.96. The van der Waals surface area contributed by atoms with Gasteiger partial charge >= 0.3 is 0 Å². The number of tetrazole rings is 1.